The highest BCUT2D eigenvalue weighted by Gasteiger charge is 2.20. The highest BCUT2D eigenvalue weighted by Crippen LogP contribution is 2.26. The molecule has 0 unspecified atom stereocenters. The van der Waals surface area contributed by atoms with Gasteiger partial charge in [0, 0.05) is 5.02 Å². The van der Waals surface area contributed by atoms with E-state index in [-0.39, 0.29) is 22.8 Å². The lowest BCUT2D eigenvalue weighted by molar-refractivity contribution is 0.0697. The third-order valence-electron chi connectivity index (χ3n) is 2.99. The van der Waals surface area contributed by atoms with Crippen molar-refractivity contribution in [2.24, 2.45) is 0 Å². The van der Waals surface area contributed by atoms with Gasteiger partial charge in [-0.05, 0) is 23.8 Å². The molecule has 0 saturated heterocycles. The molecule has 116 valence electrons. The summed E-state index contributed by atoms with van der Waals surface area (Å²) in [6.07, 6.45) is 1.07. The first kappa shape index (κ1) is 16.3. The molecule has 0 atom stereocenters. The summed E-state index contributed by atoms with van der Waals surface area (Å²) in [6, 6.07) is 13.0. The Morgan fingerprint density at radius 1 is 1.18 bits per heavy atom. The standard InChI is InChI=1S/C15H14ClNO4S/c1-22(20,21)17(10-11-5-3-2-4-6-11)14-8-12(15(18)19)7-13(16)9-14/h2-9H,10H2,1H3,(H,18,19). The van der Waals surface area contributed by atoms with Gasteiger partial charge in [-0.2, -0.15) is 0 Å². The minimum absolute atomic E-state index is 0.0655. The SMILES string of the molecule is CS(=O)(=O)N(Cc1ccccc1)c1cc(Cl)cc(C(=O)O)c1. The van der Waals surface area contributed by atoms with Gasteiger partial charge in [-0.1, -0.05) is 41.9 Å². The molecule has 0 radical (unpaired) electrons. The number of hydrogen-bond donors (Lipinski definition) is 1. The van der Waals surface area contributed by atoms with Crippen LogP contribution in [0.2, 0.25) is 5.02 Å². The Labute approximate surface area is 133 Å². The van der Waals surface area contributed by atoms with Crippen molar-refractivity contribution in [1.29, 1.82) is 0 Å². The number of aromatic carboxylic acids is 1. The summed E-state index contributed by atoms with van der Waals surface area (Å²) in [5, 5.41) is 9.24. The number of carboxylic acids is 1. The van der Waals surface area contributed by atoms with Crippen LogP contribution in [0.4, 0.5) is 5.69 Å². The Bertz CT molecular complexity index is 790. The number of carboxylic acid groups (broad SMARTS) is 1. The summed E-state index contributed by atoms with van der Waals surface area (Å²) in [5.74, 6) is -1.17. The average molecular weight is 340 g/mol. The zero-order valence-corrected chi connectivity index (χ0v) is 13.3. The van der Waals surface area contributed by atoms with E-state index in [0.717, 1.165) is 16.1 Å². The summed E-state index contributed by atoms with van der Waals surface area (Å²) < 4.78 is 25.3. The minimum atomic E-state index is -3.59. The number of sulfonamides is 1. The van der Waals surface area contributed by atoms with Crippen molar-refractivity contribution in [3.8, 4) is 0 Å². The first-order chi connectivity index (χ1) is 10.3. The summed E-state index contributed by atoms with van der Waals surface area (Å²) in [6.45, 7) is 0.0963. The second-order valence-electron chi connectivity index (χ2n) is 4.76. The van der Waals surface area contributed by atoms with Crippen molar-refractivity contribution in [1.82, 2.24) is 0 Å². The van der Waals surface area contributed by atoms with Crippen LogP contribution in [0.3, 0.4) is 0 Å². The zero-order valence-electron chi connectivity index (χ0n) is 11.7. The normalized spacial score (nSPS) is 11.2. The van der Waals surface area contributed by atoms with Crippen molar-refractivity contribution >= 4 is 33.3 Å². The number of carbonyl (C=O) groups is 1. The van der Waals surface area contributed by atoms with E-state index in [0.29, 0.717) is 0 Å². The van der Waals surface area contributed by atoms with Gasteiger partial charge in [0.25, 0.3) is 0 Å². The number of hydrogen-bond acceptors (Lipinski definition) is 3. The van der Waals surface area contributed by atoms with Crippen LogP contribution in [0.1, 0.15) is 15.9 Å². The van der Waals surface area contributed by atoms with E-state index < -0.39 is 16.0 Å². The lowest BCUT2D eigenvalue weighted by Gasteiger charge is -2.23. The van der Waals surface area contributed by atoms with Crippen LogP contribution in [0.5, 0.6) is 0 Å². The van der Waals surface area contributed by atoms with E-state index in [1.54, 1.807) is 24.3 Å². The molecule has 0 aliphatic carbocycles. The van der Waals surface area contributed by atoms with E-state index >= 15 is 0 Å². The Morgan fingerprint density at radius 3 is 2.36 bits per heavy atom. The fourth-order valence-corrected chi connectivity index (χ4v) is 3.09. The van der Waals surface area contributed by atoms with Crippen LogP contribution in [0.15, 0.2) is 48.5 Å². The molecule has 0 heterocycles. The molecule has 2 aromatic carbocycles. The molecule has 0 amide bonds. The van der Waals surface area contributed by atoms with E-state index in [4.69, 9.17) is 16.7 Å². The highest BCUT2D eigenvalue weighted by molar-refractivity contribution is 7.92. The quantitative estimate of drug-likeness (QED) is 0.908. The van der Waals surface area contributed by atoms with E-state index in [1.807, 2.05) is 6.07 Å². The molecule has 2 rings (SSSR count). The molecule has 0 fully saturated rings. The summed E-state index contributed by atoms with van der Waals surface area (Å²) >= 11 is 5.91. The topological polar surface area (TPSA) is 74.7 Å². The Balaban J connectivity index is 2.49. The summed E-state index contributed by atoms with van der Waals surface area (Å²) in [5.41, 5.74) is 0.935. The summed E-state index contributed by atoms with van der Waals surface area (Å²) in [4.78, 5) is 11.1. The predicted octanol–water partition coefficient (Wildman–Crippen LogP) is 3.00. The van der Waals surface area contributed by atoms with E-state index in [1.165, 1.54) is 18.2 Å². The van der Waals surface area contributed by atoms with Gasteiger partial charge < -0.3 is 5.11 Å². The molecule has 0 aromatic heterocycles. The van der Waals surface area contributed by atoms with Crippen LogP contribution >= 0.6 is 11.6 Å². The Morgan fingerprint density at radius 2 is 1.82 bits per heavy atom. The van der Waals surface area contributed by atoms with Crippen molar-refractivity contribution in [3.63, 3.8) is 0 Å². The largest absolute Gasteiger partial charge is 0.478 e. The second-order valence-corrected chi connectivity index (χ2v) is 7.10. The Hall–Kier alpha value is -2.05. The predicted molar refractivity (Wildman–Crippen MR) is 85.9 cm³/mol. The molecule has 0 aliphatic rings. The van der Waals surface area contributed by atoms with E-state index in [2.05, 4.69) is 0 Å². The average Bonchev–Trinajstić information content (AvgIpc) is 2.44. The lowest BCUT2D eigenvalue weighted by Crippen LogP contribution is -2.29. The minimum Gasteiger partial charge on any atom is -0.478 e. The van der Waals surface area contributed by atoms with Gasteiger partial charge in [0.1, 0.15) is 0 Å². The molecule has 2 aromatic rings. The molecule has 7 heteroatoms. The van der Waals surface area contributed by atoms with Gasteiger partial charge in [-0.3, -0.25) is 4.31 Å². The van der Waals surface area contributed by atoms with Crippen LogP contribution in [-0.2, 0) is 16.6 Å². The molecule has 0 spiro atoms. The van der Waals surface area contributed by atoms with Gasteiger partial charge in [-0.15, -0.1) is 0 Å². The van der Waals surface area contributed by atoms with Gasteiger partial charge in [0.2, 0.25) is 10.0 Å². The maximum atomic E-state index is 12.1. The maximum Gasteiger partial charge on any atom is 0.335 e. The third kappa shape index (κ3) is 3.99. The second kappa shape index (κ2) is 6.37. The number of halogens is 1. The first-order valence-corrected chi connectivity index (χ1v) is 8.55. The highest BCUT2D eigenvalue weighted by atomic mass is 35.5. The number of benzene rings is 2. The molecular weight excluding hydrogens is 326 g/mol. The molecule has 1 N–H and O–H groups in total. The van der Waals surface area contributed by atoms with Crippen LogP contribution in [0, 0.1) is 0 Å². The van der Waals surface area contributed by atoms with Gasteiger partial charge in [-0.25, -0.2) is 13.2 Å². The third-order valence-corrected chi connectivity index (χ3v) is 4.35. The van der Waals surface area contributed by atoms with Crippen molar-refractivity contribution < 1.29 is 18.3 Å². The van der Waals surface area contributed by atoms with Crippen LogP contribution in [-0.4, -0.2) is 25.7 Å². The molecule has 0 saturated carbocycles. The van der Waals surface area contributed by atoms with Gasteiger partial charge >= 0.3 is 5.97 Å². The zero-order chi connectivity index (χ0) is 16.3. The van der Waals surface area contributed by atoms with E-state index in [9.17, 15) is 13.2 Å². The fourth-order valence-electron chi connectivity index (χ4n) is 1.99. The van der Waals surface area contributed by atoms with Crippen molar-refractivity contribution in [2.75, 3.05) is 10.6 Å². The van der Waals surface area contributed by atoms with Crippen LogP contribution in [0.25, 0.3) is 0 Å². The molecular formula is C15H14ClNO4S. The first-order valence-electron chi connectivity index (χ1n) is 6.33. The summed E-state index contributed by atoms with van der Waals surface area (Å²) in [7, 11) is -3.59. The fraction of sp³-hybridized carbons (Fsp3) is 0.133. The van der Waals surface area contributed by atoms with Crippen molar-refractivity contribution in [2.45, 2.75) is 6.54 Å². The number of nitrogens with zero attached hydrogens (tertiary/aromatic N) is 1. The molecule has 0 bridgehead atoms. The maximum absolute atomic E-state index is 12.1. The van der Waals surface area contributed by atoms with Gasteiger partial charge in [0.15, 0.2) is 0 Å². The molecule has 22 heavy (non-hydrogen) atoms. The monoisotopic (exact) mass is 339 g/mol. The molecule has 5 nitrogen and oxygen atoms in total. The number of anilines is 1. The van der Waals surface area contributed by atoms with Gasteiger partial charge in [0.05, 0.1) is 24.1 Å². The molecule has 0 aliphatic heterocycles. The van der Waals surface area contributed by atoms with Crippen molar-refractivity contribution in [3.05, 3.63) is 64.7 Å². The smallest absolute Gasteiger partial charge is 0.335 e. The lowest BCUT2D eigenvalue weighted by atomic mass is 10.2. The number of rotatable bonds is 5. The van der Waals surface area contributed by atoms with Crippen LogP contribution < -0.4 is 4.31 Å². The Kier molecular flexibility index (Phi) is 4.73.